The number of fused-ring (bicyclic) bond motifs is 3. The van der Waals surface area contributed by atoms with Gasteiger partial charge in [0.15, 0.2) is 12.4 Å². The number of alkyl halides is 3. The van der Waals surface area contributed by atoms with Gasteiger partial charge in [-0.1, -0.05) is 6.07 Å². The highest BCUT2D eigenvalue weighted by molar-refractivity contribution is 6.08. The molecule has 3 aromatic rings. The second-order valence-electron chi connectivity index (χ2n) is 8.88. The van der Waals surface area contributed by atoms with Crippen LogP contribution in [-0.2, 0) is 18.4 Å². The first-order valence-electron chi connectivity index (χ1n) is 11.4. The molecule has 1 aliphatic carbocycles. The van der Waals surface area contributed by atoms with E-state index in [0.29, 0.717) is 24.1 Å². The number of nitriles is 2. The summed E-state index contributed by atoms with van der Waals surface area (Å²) >= 11 is 0. The fourth-order valence-electron chi connectivity index (χ4n) is 4.89. The second kappa shape index (κ2) is 9.19. The Morgan fingerprint density at radius 3 is 2.76 bits per heavy atom. The Bertz CT molecular complexity index is 1530. The summed E-state index contributed by atoms with van der Waals surface area (Å²) in [5.74, 6) is -0.983. The van der Waals surface area contributed by atoms with E-state index in [1.807, 2.05) is 12.1 Å². The van der Waals surface area contributed by atoms with Crippen LogP contribution in [0.4, 0.5) is 13.2 Å². The molecule has 2 amide bonds. The summed E-state index contributed by atoms with van der Waals surface area (Å²) in [6.45, 7) is -1.70. The number of aryl methyl sites for hydroxylation is 1. The monoisotopic (exact) mass is 521 g/mol. The Morgan fingerprint density at radius 1 is 1.26 bits per heavy atom. The molecule has 1 spiro atoms. The van der Waals surface area contributed by atoms with E-state index >= 15 is 0 Å². The number of ether oxygens (including phenoxy) is 1. The van der Waals surface area contributed by atoms with Gasteiger partial charge in [0.05, 0.1) is 28.4 Å². The molecular formula is C25H18F3N7O3. The molecule has 0 saturated heterocycles. The summed E-state index contributed by atoms with van der Waals surface area (Å²) in [7, 11) is 0. The van der Waals surface area contributed by atoms with Crippen LogP contribution in [0.25, 0.3) is 5.82 Å². The summed E-state index contributed by atoms with van der Waals surface area (Å²) in [5, 5.41) is 27.9. The Labute approximate surface area is 213 Å². The van der Waals surface area contributed by atoms with E-state index in [1.54, 1.807) is 6.07 Å². The maximum absolute atomic E-state index is 13.5. The van der Waals surface area contributed by atoms with Crippen molar-refractivity contribution in [2.45, 2.75) is 31.0 Å². The van der Waals surface area contributed by atoms with Crippen molar-refractivity contribution in [3.8, 4) is 23.7 Å². The zero-order chi connectivity index (χ0) is 27.1. The summed E-state index contributed by atoms with van der Waals surface area (Å²) in [5.41, 5.74) is 1.15. The lowest BCUT2D eigenvalue weighted by molar-refractivity contribution is -0.153. The van der Waals surface area contributed by atoms with Crippen molar-refractivity contribution in [3.63, 3.8) is 0 Å². The van der Waals surface area contributed by atoms with Crippen LogP contribution in [0.5, 0.6) is 5.75 Å². The van der Waals surface area contributed by atoms with Gasteiger partial charge < -0.3 is 15.4 Å². The predicted molar refractivity (Wildman–Crippen MR) is 123 cm³/mol. The van der Waals surface area contributed by atoms with E-state index in [4.69, 9.17) is 15.3 Å². The predicted octanol–water partition coefficient (Wildman–Crippen LogP) is 2.46. The van der Waals surface area contributed by atoms with E-state index in [9.17, 15) is 22.8 Å². The zero-order valence-electron chi connectivity index (χ0n) is 19.6. The van der Waals surface area contributed by atoms with Crippen molar-refractivity contribution in [3.05, 3.63) is 70.2 Å². The number of rotatable bonds is 5. The Hall–Kier alpha value is -4.91. The van der Waals surface area contributed by atoms with Gasteiger partial charge in [-0.05, 0) is 48.2 Å². The van der Waals surface area contributed by atoms with Crippen molar-refractivity contribution < 1.29 is 27.5 Å². The first-order valence-corrected chi connectivity index (χ1v) is 11.4. The number of amides is 2. The van der Waals surface area contributed by atoms with E-state index < -0.39 is 30.1 Å². The SMILES string of the molecule is N#CCNC(=O)c1c2c(nn1-c1ccc(C#N)cn1)C[C@]1(CCc3cc(OCC(F)(F)F)ccc31)NC2=O. The van der Waals surface area contributed by atoms with Crippen LogP contribution in [0.1, 0.15) is 49.7 Å². The van der Waals surface area contributed by atoms with Crippen LogP contribution in [0.2, 0.25) is 0 Å². The highest BCUT2D eigenvalue weighted by Gasteiger charge is 2.47. The molecule has 3 heterocycles. The fourth-order valence-corrected chi connectivity index (χ4v) is 4.89. The Morgan fingerprint density at radius 2 is 2.08 bits per heavy atom. The van der Waals surface area contributed by atoms with Gasteiger partial charge in [0, 0.05) is 12.6 Å². The van der Waals surface area contributed by atoms with Crippen LogP contribution in [0.3, 0.4) is 0 Å². The third-order valence-corrected chi connectivity index (χ3v) is 6.46. The lowest BCUT2D eigenvalue weighted by atomic mass is 9.82. The van der Waals surface area contributed by atoms with E-state index in [2.05, 4.69) is 20.7 Å². The fraction of sp³-hybridized carbons (Fsp3) is 0.280. The van der Waals surface area contributed by atoms with Crippen molar-refractivity contribution in [1.82, 2.24) is 25.4 Å². The summed E-state index contributed by atoms with van der Waals surface area (Å²) in [6.07, 6.45) is -1.99. The van der Waals surface area contributed by atoms with Crippen molar-refractivity contribution in [2.75, 3.05) is 13.2 Å². The molecule has 13 heteroatoms. The molecule has 192 valence electrons. The average molecular weight is 521 g/mol. The third kappa shape index (κ3) is 4.39. The van der Waals surface area contributed by atoms with Gasteiger partial charge >= 0.3 is 6.18 Å². The molecule has 2 aromatic heterocycles. The summed E-state index contributed by atoms with van der Waals surface area (Å²) in [4.78, 5) is 30.6. The molecule has 0 unspecified atom stereocenters. The first kappa shape index (κ1) is 24.8. The number of halogens is 3. The van der Waals surface area contributed by atoms with Gasteiger partial charge in [0.2, 0.25) is 0 Å². The number of nitrogens with zero attached hydrogens (tertiary/aromatic N) is 5. The lowest BCUT2D eigenvalue weighted by Crippen LogP contribution is -2.50. The number of hydrogen-bond donors (Lipinski definition) is 2. The highest BCUT2D eigenvalue weighted by atomic mass is 19.4. The molecule has 2 aliphatic rings. The standard InChI is InChI=1S/C25H18F3N7O3/c26-25(27,28)13-38-16-2-3-17-15(9-16)5-6-24(17)10-18-20(22(36)33-24)21(23(37)31-8-7-29)35(34-18)19-4-1-14(11-30)12-32-19/h1-4,9,12H,5-6,8,10,13H2,(H,31,37)(H,33,36)/t24-/m0/s1. The number of hydrogen-bond acceptors (Lipinski definition) is 7. The number of benzene rings is 1. The van der Waals surface area contributed by atoms with E-state index in [0.717, 1.165) is 11.1 Å². The van der Waals surface area contributed by atoms with Crippen LogP contribution >= 0.6 is 0 Å². The molecule has 1 aliphatic heterocycles. The summed E-state index contributed by atoms with van der Waals surface area (Å²) in [6, 6.07) is 11.3. The largest absolute Gasteiger partial charge is 0.484 e. The molecule has 0 saturated carbocycles. The van der Waals surface area contributed by atoms with E-state index in [-0.39, 0.29) is 35.8 Å². The van der Waals surface area contributed by atoms with Gasteiger partial charge in [-0.25, -0.2) is 9.67 Å². The van der Waals surface area contributed by atoms with Gasteiger partial charge in [0.25, 0.3) is 11.8 Å². The Balaban J connectivity index is 1.53. The molecule has 0 radical (unpaired) electrons. The number of pyridine rings is 1. The summed E-state index contributed by atoms with van der Waals surface area (Å²) < 4.78 is 43.8. The first-order chi connectivity index (χ1) is 18.1. The van der Waals surface area contributed by atoms with Crippen molar-refractivity contribution in [1.29, 1.82) is 10.5 Å². The molecule has 5 rings (SSSR count). The molecular weight excluding hydrogens is 503 g/mol. The van der Waals surface area contributed by atoms with Crippen LogP contribution in [0, 0.1) is 22.7 Å². The molecule has 0 bridgehead atoms. The van der Waals surface area contributed by atoms with E-state index in [1.165, 1.54) is 35.1 Å². The lowest BCUT2D eigenvalue weighted by Gasteiger charge is -2.35. The van der Waals surface area contributed by atoms with Crippen molar-refractivity contribution >= 4 is 11.8 Å². The van der Waals surface area contributed by atoms with Gasteiger partial charge in [0.1, 0.15) is 24.1 Å². The molecule has 38 heavy (non-hydrogen) atoms. The number of carbonyl (C=O) groups is 2. The van der Waals surface area contributed by atoms with Crippen molar-refractivity contribution in [2.24, 2.45) is 0 Å². The number of aromatic nitrogens is 3. The number of nitrogens with one attached hydrogen (secondary N) is 2. The van der Waals surface area contributed by atoms with Gasteiger partial charge in [-0.3, -0.25) is 9.59 Å². The molecule has 1 atom stereocenters. The van der Waals surface area contributed by atoms with Gasteiger partial charge in [-0.15, -0.1) is 0 Å². The minimum absolute atomic E-state index is 0.0378. The highest BCUT2D eigenvalue weighted by Crippen LogP contribution is 2.44. The zero-order valence-corrected chi connectivity index (χ0v) is 19.6. The van der Waals surface area contributed by atoms with Gasteiger partial charge in [-0.2, -0.15) is 28.8 Å². The average Bonchev–Trinajstić information content (AvgIpc) is 3.44. The molecule has 0 fully saturated rings. The van der Waals surface area contributed by atoms with Crippen LogP contribution < -0.4 is 15.4 Å². The maximum Gasteiger partial charge on any atom is 0.422 e. The smallest absolute Gasteiger partial charge is 0.422 e. The normalized spacial score (nSPS) is 17.7. The molecule has 2 N–H and O–H groups in total. The van der Waals surface area contributed by atoms with Crippen LogP contribution in [-0.4, -0.2) is 45.9 Å². The topological polar surface area (TPSA) is 146 Å². The third-order valence-electron chi connectivity index (χ3n) is 6.46. The Kier molecular flexibility index (Phi) is 5.99. The maximum atomic E-state index is 13.5. The minimum atomic E-state index is -4.46. The molecule has 10 nitrogen and oxygen atoms in total. The minimum Gasteiger partial charge on any atom is -0.484 e. The van der Waals surface area contributed by atoms with Crippen LogP contribution in [0.15, 0.2) is 36.5 Å². The molecule has 1 aromatic carbocycles. The second-order valence-corrected chi connectivity index (χ2v) is 8.88. The number of carbonyl (C=O) groups excluding carboxylic acids is 2. The quantitative estimate of drug-likeness (QED) is 0.491.